The van der Waals surface area contributed by atoms with E-state index in [2.05, 4.69) is 13.0 Å². The molecular formula is C22H32N2O3. The zero-order chi connectivity index (χ0) is 19.3. The van der Waals surface area contributed by atoms with Gasteiger partial charge in [0, 0.05) is 30.3 Å². The van der Waals surface area contributed by atoms with Crippen molar-refractivity contribution in [2.75, 3.05) is 13.7 Å². The molecule has 1 saturated carbocycles. The quantitative estimate of drug-likeness (QED) is 0.733. The van der Waals surface area contributed by atoms with Crippen molar-refractivity contribution in [2.24, 2.45) is 17.8 Å². The lowest BCUT2D eigenvalue weighted by atomic mass is 9.66. The Kier molecular flexibility index (Phi) is 4.59. The summed E-state index contributed by atoms with van der Waals surface area (Å²) in [5.74, 6) is 2.75. The van der Waals surface area contributed by atoms with Crippen molar-refractivity contribution in [2.45, 2.75) is 70.9 Å². The molecule has 1 aromatic heterocycles. The van der Waals surface area contributed by atoms with Gasteiger partial charge in [0.1, 0.15) is 5.60 Å². The third kappa shape index (κ3) is 3.53. The molecule has 2 fully saturated rings. The van der Waals surface area contributed by atoms with Crippen molar-refractivity contribution in [3.63, 3.8) is 0 Å². The van der Waals surface area contributed by atoms with Gasteiger partial charge in [0.15, 0.2) is 0 Å². The molecule has 0 radical (unpaired) electrons. The SMILES string of the molecule is COc1ccc2c(n1)C[C@@H]1C[C@H](C)C[C@H]3[C@@H]1C[C@@H]2CN3C(=O)OC(C)(C)C. The van der Waals surface area contributed by atoms with Crippen LogP contribution in [0.5, 0.6) is 5.88 Å². The molecule has 2 bridgehead atoms. The summed E-state index contributed by atoms with van der Waals surface area (Å²) in [4.78, 5) is 19.9. The van der Waals surface area contributed by atoms with Gasteiger partial charge in [-0.15, -0.1) is 0 Å². The molecule has 1 aliphatic heterocycles. The highest BCUT2D eigenvalue weighted by molar-refractivity contribution is 5.69. The van der Waals surface area contributed by atoms with E-state index in [0.29, 0.717) is 35.6 Å². The van der Waals surface area contributed by atoms with E-state index in [0.717, 1.165) is 25.8 Å². The fourth-order valence-electron chi connectivity index (χ4n) is 5.55. The number of aromatic nitrogens is 1. The van der Waals surface area contributed by atoms with E-state index in [4.69, 9.17) is 14.5 Å². The molecule has 5 atom stereocenters. The average Bonchev–Trinajstić information content (AvgIpc) is 2.72. The monoisotopic (exact) mass is 372 g/mol. The molecule has 1 amide bonds. The molecule has 2 heterocycles. The topological polar surface area (TPSA) is 51.7 Å². The number of amides is 1. The molecule has 148 valence electrons. The van der Waals surface area contributed by atoms with Crippen LogP contribution in [0.3, 0.4) is 0 Å². The Hall–Kier alpha value is -1.78. The lowest BCUT2D eigenvalue weighted by molar-refractivity contribution is -0.0286. The third-order valence-corrected chi connectivity index (χ3v) is 6.54. The van der Waals surface area contributed by atoms with E-state index in [1.165, 1.54) is 17.7 Å². The molecule has 0 aromatic carbocycles. The minimum absolute atomic E-state index is 0.153. The first kappa shape index (κ1) is 18.6. The summed E-state index contributed by atoms with van der Waals surface area (Å²) < 4.78 is 11.2. The molecule has 0 spiro atoms. The van der Waals surface area contributed by atoms with Gasteiger partial charge in [-0.3, -0.25) is 0 Å². The van der Waals surface area contributed by atoms with Crippen molar-refractivity contribution in [1.82, 2.24) is 9.88 Å². The maximum Gasteiger partial charge on any atom is 0.410 e. The van der Waals surface area contributed by atoms with Crippen molar-refractivity contribution in [3.8, 4) is 5.88 Å². The van der Waals surface area contributed by atoms with Crippen LogP contribution in [0.25, 0.3) is 0 Å². The van der Waals surface area contributed by atoms with Gasteiger partial charge in [0.25, 0.3) is 0 Å². The number of hydrogen-bond acceptors (Lipinski definition) is 4. The molecule has 1 saturated heterocycles. The number of carbonyl (C=O) groups excluding carboxylic acids is 1. The summed E-state index contributed by atoms with van der Waals surface area (Å²) in [5, 5.41) is 0. The van der Waals surface area contributed by atoms with E-state index >= 15 is 0 Å². The predicted octanol–water partition coefficient (Wildman–Crippen LogP) is 4.40. The Morgan fingerprint density at radius 3 is 2.70 bits per heavy atom. The summed E-state index contributed by atoms with van der Waals surface area (Å²) in [6.07, 6.45) is 4.30. The highest BCUT2D eigenvalue weighted by Gasteiger charge is 2.49. The van der Waals surface area contributed by atoms with Crippen LogP contribution >= 0.6 is 0 Å². The number of rotatable bonds is 1. The third-order valence-electron chi connectivity index (χ3n) is 6.54. The first-order chi connectivity index (χ1) is 12.7. The summed E-state index contributed by atoms with van der Waals surface area (Å²) in [7, 11) is 1.67. The fraction of sp³-hybridized carbons (Fsp3) is 0.727. The molecule has 5 heteroatoms. The molecule has 2 aliphatic carbocycles. The van der Waals surface area contributed by atoms with Crippen LogP contribution in [0.15, 0.2) is 12.1 Å². The number of ether oxygens (including phenoxy) is 2. The van der Waals surface area contributed by atoms with E-state index in [1.54, 1.807) is 7.11 Å². The maximum atomic E-state index is 13.0. The number of methoxy groups -OCH3 is 1. The van der Waals surface area contributed by atoms with Gasteiger partial charge < -0.3 is 14.4 Å². The molecule has 27 heavy (non-hydrogen) atoms. The molecular weight excluding hydrogens is 340 g/mol. The van der Waals surface area contributed by atoms with E-state index in [-0.39, 0.29) is 6.09 Å². The Labute approximate surface area is 162 Å². The van der Waals surface area contributed by atoms with E-state index in [9.17, 15) is 4.79 Å². The Balaban J connectivity index is 1.71. The minimum atomic E-state index is -0.466. The van der Waals surface area contributed by atoms with Gasteiger partial charge in [-0.1, -0.05) is 13.0 Å². The number of hydrogen-bond donors (Lipinski definition) is 0. The van der Waals surface area contributed by atoms with Crippen LogP contribution in [0.1, 0.15) is 64.1 Å². The Morgan fingerprint density at radius 2 is 2.00 bits per heavy atom. The summed E-state index contributed by atoms with van der Waals surface area (Å²) >= 11 is 0. The highest BCUT2D eigenvalue weighted by atomic mass is 16.6. The van der Waals surface area contributed by atoms with Crippen LogP contribution in [0, 0.1) is 17.8 Å². The molecule has 4 rings (SSSR count). The van der Waals surface area contributed by atoms with Crippen molar-refractivity contribution >= 4 is 6.09 Å². The largest absolute Gasteiger partial charge is 0.481 e. The number of carbonyl (C=O) groups is 1. The minimum Gasteiger partial charge on any atom is -0.481 e. The molecule has 1 aromatic rings. The summed E-state index contributed by atoms with van der Waals surface area (Å²) in [5.41, 5.74) is 2.00. The first-order valence-electron chi connectivity index (χ1n) is 10.3. The van der Waals surface area contributed by atoms with Gasteiger partial charge in [0.2, 0.25) is 5.88 Å². The number of piperidine rings is 1. The Bertz CT molecular complexity index is 727. The maximum absolute atomic E-state index is 13.0. The van der Waals surface area contributed by atoms with Crippen LogP contribution < -0.4 is 4.74 Å². The normalized spacial score (nSPS) is 32.3. The number of likely N-dealkylation sites (tertiary alicyclic amines) is 1. The second kappa shape index (κ2) is 6.68. The smallest absolute Gasteiger partial charge is 0.410 e. The van der Waals surface area contributed by atoms with E-state index in [1.807, 2.05) is 31.7 Å². The van der Waals surface area contributed by atoms with Gasteiger partial charge >= 0.3 is 6.09 Å². The molecule has 0 unspecified atom stereocenters. The van der Waals surface area contributed by atoms with Gasteiger partial charge in [-0.25, -0.2) is 9.78 Å². The lowest BCUT2D eigenvalue weighted by Gasteiger charge is -2.50. The van der Waals surface area contributed by atoms with Gasteiger partial charge in [-0.05, 0) is 69.8 Å². The van der Waals surface area contributed by atoms with Crippen LogP contribution in [-0.4, -0.2) is 41.3 Å². The van der Waals surface area contributed by atoms with Crippen molar-refractivity contribution in [3.05, 3.63) is 23.4 Å². The second-order valence-electron chi connectivity index (χ2n) is 9.73. The van der Waals surface area contributed by atoms with Crippen LogP contribution in [0.2, 0.25) is 0 Å². The standard InChI is InChI=1S/C22H32N2O3/c1-13-8-14-11-18-16(6-7-20(23-18)26-5)15-10-17(14)19(9-13)24(12-15)21(25)27-22(2,3)4/h6-7,13-15,17,19H,8-12H2,1-5H3/t13-,14-,15+,17+,19-/m0/s1. The molecule has 5 nitrogen and oxygen atoms in total. The lowest BCUT2D eigenvalue weighted by Crippen LogP contribution is -2.55. The van der Waals surface area contributed by atoms with Crippen LogP contribution in [-0.2, 0) is 11.2 Å². The fourth-order valence-corrected chi connectivity index (χ4v) is 5.55. The predicted molar refractivity (Wildman–Crippen MR) is 104 cm³/mol. The highest BCUT2D eigenvalue weighted by Crippen LogP contribution is 2.50. The summed E-state index contributed by atoms with van der Waals surface area (Å²) in [6, 6.07) is 4.42. The molecule has 0 N–H and O–H groups in total. The van der Waals surface area contributed by atoms with E-state index < -0.39 is 5.60 Å². The van der Waals surface area contributed by atoms with Crippen LogP contribution in [0.4, 0.5) is 4.79 Å². The van der Waals surface area contributed by atoms with Crippen molar-refractivity contribution in [1.29, 1.82) is 0 Å². The first-order valence-corrected chi connectivity index (χ1v) is 10.3. The van der Waals surface area contributed by atoms with Crippen molar-refractivity contribution < 1.29 is 14.3 Å². The summed E-state index contributed by atoms with van der Waals surface area (Å²) in [6.45, 7) is 8.88. The Morgan fingerprint density at radius 1 is 1.22 bits per heavy atom. The second-order valence-corrected chi connectivity index (χ2v) is 9.73. The van der Waals surface area contributed by atoms with Gasteiger partial charge in [0.05, 0.1) is 7.11 Å². The number of pyridine rings is 1. The zero-order valence-electron chi connectivity index (χ0n) is 17.2. The number of nitrogens with zero attached hydrogens (tertiary/aromatic N) is 2. The van der Waals surface area contributed by atoms with Gasteiger partial charge in [-0.2, -0.15) is 0 Å². The average molecular weight is 373 g/mol. The zero-order valence-corrected chi connectivity index (χ0v) is 17.2. The number of fused-ring (bicyclic) bond motifs is 3. The molecule has 3 aliphatic rings.